The highest BCUT2D eigenvalue weighted by Crippen LogP contribution is 2.22. The molecule has 8 heteroatoms. The monoisotopic (exact) mass is 529 g/mol. The van der Waals surface area contributed by atoms with Crippen molar-refractivity contribution < 1.29 is 4.74 Å². The normalized spacial score (nSPS) is 15.1. The molecule has 0 radical (unpaired) electrons. The van der Waals surface area contributed by atoms with Crippen LogP contribution in [0, 0.1) is 0 Å². The lowest BCUT2D eigenvalue weighted by molar-refractivity contribution is 0.148. The number of ether oxygens (including phenoxy) is 1. The summed E-state index contributed by atoms with van der Waals surface area (Å²) in [7, 11) is 1.78. The Morgan fingerprint density at radius 1 is 1.24 bits per heavy atom. The lowest BCUT2D eigenvalue weighted by Crippen LogP contribution is -2.36. The summed E-state index contributed by atoms with van der Waals surface area (Å²) in [6, 6.07) is 4.02. The summed E-state index contributed by atoms with van der Waals surface area (Å²) in [6.45, 7) is 5.66. The largest absolute Gasteiger partial charge is 0.474 e. The number of hydrogen-bond donors (Lipinski definition) is 2. The Kier molecular flexibility index (Phi) is 10.1. The molecule has 1 aliphatic carbocycles. The molecule has 0 saturated heterocycles. The zero-order valence-corrected chi connectivity index (χ0v) is 20.6. The maximum Gasteiger partial charge on any atom is 0.213 e. The van der Waals surface area contributed by atoms with Gasteiger partial charge in [0, 0.05) is 31.2 Å². The van der Waals surface area contributed by atoms with Crippen LogP contribution in [0.25, 0.3) is 0 Å². The highest BCUT2D eigenvalue weighted by Gasteiger charge is 2.15. The minimum atomic E-state index is 0. The van der Waals surface area contributed by atoms with Crippen LogP contribution in [0.3, 0.4) is 0 Å². The van der Waals surface area contributed by atoms with Crippen molar-refractivity contribution in [2.24, 2.45) is 4.99 Å². The van der Waals surface area contributed by atoms with E-state index in [1.54, 1.807) is 18.4 Å². The Hall–Kier alpha value is -1.42. The van der Waals surface area contributed by atoms with E-state index in [4.69, 9.17) is 4.74 Å². The SMILES string of the molecule is CN=C(NCc1ccnc(OC2CCCCC2)c1)NCc1nc(C(C)C)cs1.I. The Morgan fingerprint density at radius 2 is 2.00 bits per heavy atom. The molecule has 0 spiro atoms. The third kappa shape index (κ3) is 7.73. The minimum Gasteiger partial charge on any atom is -0.474 e. The molecular weight excluding hydrogens is 497 g/mol. The number of halogens is 1. The summed E-state index contributed by atoms with van der Waals surface area (Å²) in [5, 5.41) is 9.87. The van der Waals surface area contributed by atoms with Gasteiger partial charge in [-0.3, -0.25) is 4.99 Å². The van der Waals surface area contributed by atoms with Gasteiger partial charge in [0.1, 0.15) is 11.1 Å². The van der Waals surface area contributed by atoms with Gasteiger partial charge in [0.05, 0.1) is 12.2 Å². The summed E-state index contributed by atoms with van der Waals surface area (Å²) in [5.74, 6) is 1.94. The summed E-state index contributed by atoms with van der Waals surface area (Å²) >= 11 is 1.68. The van der Waals surface area contributed by atoms with Crippen LogP contribution < -0.4 is 15.4 Å². The quantitative estimate of drug-likeness (QED) is 0.305. The second-order valence-electron chi connectivity index (χ2n) is 7.48. The van der Waals surface area contributed by atoms with Gasteiger partial charge in [0.25, 0.3) is 0 Å². The topological polar surface area (TPSA) is 71.4 Å². The van der Waals surface area contributed by atoms with Crippen LogP contribution in [-0.2, 0) is 13.1 Å². The van der Waals surface area contributed by atoms with Crippen LogP contribution in [0.4, 0.5) is 0 Å². The van der Waals surface area contributed by atoms with Crippen molar-refractivity contribution in [1.29, 1.82) is 0 Å². The fraction of sp³-hybridized carbons (Fsp3) is 0.571. The van der Waals surface area contributed by atoms with Crippen molar-refractivity contribution >= 4 is 41.3 Å². The average Bonchev–Trinajstić information content (AvgIpc) is 3.19. The predicted molar refractivity (Wildman–Crippen MR) is 130 cm³/mol. The first-order chi connectivity index (χ1) is 13.6. The number of aliphatic imine (C=N–C) groups is 1. The van der Waals surface area contributed by atoms with Gasteiger partial charge in [-0.1, -0.05) is 20.3 Å². The second-order valence-corrected chi connectivity index (χ2v) is 8.42. The van der Waals surface area contributed by atoms with Crippen molar-refractivity contribution in [3.05, 3.63) is 40.0 Å². The molecule has 1 saturated carbocycles. The lowest BCUT2D eigenvalue weighted by atomic mass is 9.98. The molecule has 160 valence electrons. The van der Waals surface area contributed by atoms with E-state index in [9.17, 15) is 0 Å². The van der Waals surface area contributed by atoms with E-state index in [1.807, 2.05) is 18.3 Å². The Labute approximate surface area is 195 Å². The van der Waals surface area contributed by atoms with Gasteiger partial charge in [-0.25, -0.2) is 9.97 Å². The van der Waals surface area contributed by atoms with E-state index in [-0.39, 0.29) is 24.0 Å². The number of pyridine rings is 1. The van der Waals surface area contributed by atoms with Gasteiger partial charge >= 0.3 is 0 Å². The molecule has 2 N–H and O–H groups in total. The van der Waals surface area contributed by atoms with Crippen LogP contribution in [0.1, 0.15) is 68.1 Å². The van der Waals surface area contributed by atoms with Crippen molar-refractivity contribution in [3.8, 4) is 5.88 Å². The third-order valence-electron chi connectivity index (χ3n) is 4.89. The standard InChI is InChI=1S/C21H31N5OS.HI/c1-15(2)18-14-28-20(26-18)13-25-21(22-3)24-12-16-9-10-23-19(11-16)27-17-7-5-4-6-8-17;/h9-11,14-15,17H,4-8,12-13H2,1-3H3,(H2,22,24,25);1H. The summed E-state index contributed by atoms with van der Waals surface area (Å²) in [6.07, 6.45) is 8.23. The average molecular weight is 529 g/mol. The summed E-state index contributed by atoms with van der Waals surface area (Å²) in [4.78, 5) is 13.3. The van der Waals surface area contributed by atoms with Crippen LogP contribution in [0.5, 0.6) is 5.88 Å². The van der Waals surface area contributed by atoms with Crippen molar-refractivity contribution in [2.75, 3.05) is 7.05 Å². The van der Waals surface area contributed by atoms with E-state index in [0.717, 1.165) is 40.9 Å². The molecular formula is C21H32IN5OS. The molecule has 0 atom stereocenters. The number of hydrogen-bond acceptors (Lipinski definition) is 5. The van der Waals surface area contributed by atoms with Crippen LogP contribution in [0.15, 0.2) is 28.7 Å². The molecule has 0 aliphatic heterocycles. The first-order valence-electron chi connectivity index (χ1n) is 10.1. The Balaban J connectivity index is 0.00000300. The third-order valence-corrected chi connectivity index (χ3v) is 5.76. The summed E-state index contributed by atoms with van der Waals surface area (Å²) in [5.41, 5.74) is 2.27. The maximum absolute atomic E-state index is 6.06. The van der Waals surface area contributed by atoms with Gasteiger partial charge in [0.2, 0.25) is 5.88 Å². The van der Waals surface area contributed by atoms with Gasteiger partial charge < -0.3 is 15.4 Å². The fourth-order valence-corrected chi connectivity index (χ4v) is 4.11. The molecule has 0 aromatic carbocycles. The van der Waals surface area contributed by atoms with Crippen LogP contribution in [-0.4, -0.2) is 29.1 Å². The van der Waals surface area contributed by atoms with Crippen molar-refractivity contribution in [3.63, 3.8) is 0 Å². The predicted octanol–water partition coefficient (Wildman–Crippen LogP) is 4.86. The first-order valence-corrected chi connectivity index (χ1v) is 11.0. The van der Waals surface area contributed by atoms with Crippen LogP contribution >= 0.6 is 35.3 Å². The molecule has 0 amide bonds. The molecule has 6 nitrogen and oxygen atoms in total. The maximum atomic E-state index is 6.06. The molecule has 0 unspecified atom stereocenters. The smallest absolute Gasteiger partial charge is 0.213 e. The zero-order chi connectivity index (χ0) is 19.8. The van der Waals surface area contributed by atoms with E-state index >= 15 is 0 Å². The van der Waals surface area contributed by atoms with Crippen LogP contribution in [0.2, 0.25) is 0 Å². The molecule has 0 bridgehead atoms. The zero-order valence-electron chi connectivity index (χ0n) is 17.5. The minimum absolute atomic E-state index is 0. The van der Waals surface area contributed by atoms with E-state index in [2.05, 4.69) is 44.8 Å². The first kappa shape index (κ1) is 23.9. The van der Waals surface area contributed by atoms with Crippen molar-refractivity contribution in [1.82, 2.24) is 20.6 Å². The van der Waals surface area contributed by atoms with Gasteiger partial charge in [-0.05, 0) is 43.2 Å². The van der Waals surface area contributed by atoms with E-state index in [1.165, 1.54) is 19.3 Å². The molecule has 2 aromatic heterocycles. The highest BCUT2D eigenvalue weighted by atomic mass is 127. The van der Waals surface area contributed by atoms with E-state index in [0.29, 0.717) is 25.1 Å². The Bertz CT molecular complexity index is 774. The summed E-state index contributed by atoms with van der Waals surface area (Å²) < 4.78 is 6.06. The van der Waals surface area contributed by atoms with E-state index < -0.39 is 0 Å². The number of rotatable bonds is 7. The van der Waals surface area contributed by atoms with Crippen molar-refractivity contribution in [2.45, 2.75) is 71.1 Å². The molecule has 1 fully saturated rings. The fourth-order valence-electron chi connectivity index (χ4n) is 3.22. The number of thiazole rings is 1. The highest BCUT2D eigenvalue weighted by molar-refractivity contribution is 14.0. The van der Waals surface area contributed by atoms with Gasteiger partial charge in [0.15, 0.2) is 5.96 Å². The number of nitrogens with zero attached hydrogens (tertiary/aromatic N) is 3. The molecule has 1 aliphatic rings. The Morgan fingerprint density at radius 3 is 2.69 bits per heavy atom. The van der Waals surface area contributed by atoms with Gasteiger partial charge in [-0.2, -0.15) is 0 Å². The van der Waals surface area contributed by atoms with Gasteiger partial charge in [-0.15, -0.1) is 35.3 Å². The number of aromatic nitrogens is 2. The number of nitrogens with one attached hydrogen (secondary N) is 2. The second kappa shape index (κ2) is 12.3. The molecule has 2 aromatic rings. The molecule has 29 heavy (non-hydrogen) atoms. The molecule has 3 rings (SSSR count). The lowest BCUT2D eigenvalue weighted by Gasteiger charge is -2.22. The molecule has 2 heterocycles. The number of guanidine groups is 1.